The van der Waals surface area contributed by atoms with Crippen LogP contribution in [0.4, 0.5) is 0 Å². The van der Waals surface area contributed by atoms with Gasteiger partial charge in [-0.15, -0.1) is 0 Å². The fraction of sp³-hybridized carbons (Fsp3) is 0.273. The lowest BCUT2D eigenvalue weighted by molar-refractivity contribution is -0.108. The number of rotatable bonds is 6. The molecule has 0 spiro atoms. The molecular formula is C11H12BrIN2O3S. The highest BCUT2D eigenvalue weighted by Gasteiger charge is 2.20. The average Bonchev–Trinajstić information content (AvgIpc) is 2.73. The van der Waals surface area contributed by atoms with Crippen LogP contribution >= 0.6 is 46.3 Å². The molecule has 0 saturated carbocycles. The highest BCUT2D eigenvalue weighted by Crippen LogP contribution is 2.32. The third-order valence-corrected chi connectivity index (χ3v) is 4.73. The van der Waals surface area contributed by atoms with Crippen LogP contribution in [0.15, 0.2) is 12.3 Å². The molecule has 1 rings (SSSR count). The number of carbonyl (C=O) groups excluding carboxylic acids is 2. The number of nitrogens with zero attached hydrogens (tertiary/aromatic N) is 1. The smallest absolute Gasteiger partial charge is 0.355 e. The number of nitrogens with one attached hydrogen (secondary N) is 1. The lowest BCUT2D eigenvalue weighted by Crippen LogP contribution is -2.08. The molecule has 104 valence electrons. The van der Waals surface area contributed by atoms with Gasteiger partial charge in [-0.1, -0.05) is 0 Å². The highest BCUT2D eigenvalue weighted by molar-refractivity contribution is 14.2. The monoisotopic (exact) mass is 458 g/mol. The number of carbonyl (C=O) groups is 2. The van der Waals surface area contributed by atoms with E-state index in [1.54, 1.807) is 17.0 Å². The number of hydrogen-bond acceptors (Lipinski definition) is 4. The standard InChI is InChI=1S/C11H12BrIN2O3S/c1-3-18-11(17)10-4-8(7(2)15(10)19-13)9(12)5-14-6-16/h4-6H,3H2,1-2H3,(H,14,16)/b9-5+. The van der Waals surface area contributed by atoms with Crippen LogP contribution in [0.1, 0.15) is 28.7 Å². The SMILES string of the molecule is CCOC(=O)c1cc(/C(Br)=C\NC=O)c(C)n1SI. The molecule has 0 aliphatic carbocycles. The van der Waals surface area contributed by atoms with Gasteiger partial charge in [-0.05, 0) is 35.8 Å². The summed E-state index contributed by atoms with van der Waals surface area (Å²) in [5.41, 5.74) is 2.17. The molecule has 1 aromatic heterocycles. The maximum absolute atomic E-state index is 11.9. The van der Waals surface area contributed by atoms with Crippen LogP contribution < -0.4 is 5.32 Å². The van der Waals surface area contributed by atoms with Crippen molar-refractivity contribution in [2.24, 2.45) is 0 Å². The van der Waals surface area contributed by atoms with E-state index < -0.39 is 0 Å². The molecule has 1 N–H and O–H groups in total. The minimum absolute atomic E-state index is 0.327. The molecule has 1 amide bonds. The summed E-state index contributed by atoms with van der Waals surface area (Å²) in [5.74, 6) is -0.371. The van der Waals surface area contributed by atoms with Crippen molar-refractivity contribution < 1.29 is 14.3 Å². The maximum atomic E-state index is 11.9. The Kier molecular flexibility index (Phi) is 6.94. The minimum Gasteiger partial charge on any atom is -0.461 e. The summed E-state index contributed by atoms with van der Waals surface area (Å²) < 4.78 is 7.49. The molecule has 0 unspecified atom stereocenters. The summed E-state index contributed by atoms with van der Waals surface area (Å²) >= 11 is 5.46. The van der Waals surface area contributed by atoms with Crippen molar-refractivity contribution in [3.63, 3.8) is 0 Å². The van der Waals surface area contributed by atoms with Gasteiger partial charge in [-0.25, -0.2) is 4.79 Å². The van der Waals surface area contributed by atoms with E-state index >= 15 is 0 Å². The number of aromatic nitrogens is 1. The molecule has 0 saturated heterocycles. The van der Waals surface area contributed by atoms with Crippen LogP contribution in [0.3, 0.4) is 0 Å². The summed E-state index contributed by atoms with van der Waals surface area (Å²) in [4.78, 5) is 22.1. The van der Waals surface area contributed by atoms with Gasteiger partial charge in [0.05, 0.1) is 6.61 Å². The number of amides is 1. The molecule has 0 fully saturated rings. The van der Waals surface area contributed by atoms with Crippen molar-refractivity contribution in [1.82, 2.24) is 9.29 Å². The van der Waals surface area contributed by atoms with E-state index in [1.807, 2.05) is 6.92 Å². The molecule has 19 heavy (non-hydrogen) atoms. The number of hydrogen-bond donors (Lipinski definition) is 1. The largest absolute Gasteiger partial charge is 0.461 e. The summed E-state index contributed by atoms with van der Waals surface area (Å²) in [6.45, 7) is 3.98. The minimum atomic E-state index is -0.371. The molecule has 8 heteroatoms. The Hall–Kier alpha value is -0.480. The lowest BCUT2D eigenvalue weighted by Gasteiger charge is -2.05. The van der Waals surface area contributed by atoms with Crippen LogP contribution in [0, 0.1) is 6.92 Å². The number of esters is 1. The van der Waals surface area contributed by atoms with Crippen LogP contribution in [0.5, 0.6) is 0 Å². The quantitative estimate of drug-likeness (QED) is 0.404. The van der Waals surface area contributed by atoms with E-state index in [-0.39, 0.29) is 5.97 Å². The van der Waals surface area contributed by atoms with Gasteiger partial charge >= 0.3 is 5.97 Å². The zero-order valence-electron chi connectivity index (χ0n) is 10.3. The predicted molar refractivity (Wildman–Crippen MR) is 88.2 cm³/mol. The summed E-state index contributed by atoms with van der Waals surface area (Å²) in [5, 5.41) is 2.45. The van der Waals surface area contributed by atoms with Crippen LogP contribution in [0.25, 0.3) is 4.48 Å². The fourth-order valence-corrected chi connectivity index (χ4v) is 3.91. The first-order valence-corrected chi connectivity index (χ1v) is 9.42. The molecule has 1 aromatic rings. The summed E-state index contributed by atoms with van der Waals surface area (Å²) in [6, 6.07) is 1.73. The first kappa shape index (κ1) is 16.6. The van der Waals surface area contributed by atoms with Crippen molar-refractivity contribution >= 4 is 63.1 Å². The predicted octanol–water partition coefficient (Wildman–Crippen LogP) is 3.26. The zero-order valence-corrected chi connectivity index (χ0v) is 14.8. The molecule has 0 aromatic carbocycles. The molecule has 0 radical (unpaired) electrons. The van der Waals surface area contributed by atoms with Crippen molar-refractivity contribution in [2.45, 2.75) is 13.8 Å². The average molecular weight is 459 g/mol. The molecule has 0 bridgehead atoms. The first-order valence-electron chi connectivity index (χ1n) is 5.31. The zero-order chi connectivity index (χ0) is 14.4. The third-order valence-electron chi connectivity index (χ3n) is 2.28. The molecular weight excluding hydrogens is 447 g/mol. The normalized spacial score (nSPS) is 11.3. The van der Waals surface area contributed by atoms with Crippen LogP contribution in [-0.2, 0) is 9.53 Å². The topological polar surface area (TPSA) is 60.3 Å². The summed E-state index contributed by atoms with van der Waals surface area (Å²) in [7, 11) is 1.39. The van der Waals surface area contributed by atoms with E-state index in [2.05, 4.69) is 42.5 Å². The second-order valence-electron chi connectivity index (χ2n) is 3.39. The Morgan fingerprint density at radius 2 is 2.37 bits per heavy atom. The Morgan fingerprint density at radius 3 is 2.89 bits per heavy atom. The Labute approximate surface area is 136 Å². The van der Waals surface area contributed by atoms with Crippen molar-refractivity contribution in [2.75, 3.05) is 6.61 Å². The van der Waals surface area contributed by atoms with Crippen LogP contribution in [-0.4, -0.2) is 23.0 Å². The van der Waals surface area contributed by atoms with E-state index in [0.29, 0.717) is 23.2 Å². The molecule has 0 aliphatic rings. The van der Waals surface area contributed by atoms with Crippen LogP contribution in [0.2, 0.25) is 0 Å². The molecule has 1 heterocycles. The van der Waals surface area contributed by atoms with E-state index in [4.69, 9.17) is 4.74 Å². The van der Waals surface area contributed by atoms with E-state index in [1.165, 1.54) is 15.3 Å². The van der Waals surface area contributed by atoms with Gasteiger partial charge in [0.15, 0.2) is 0 Å². The number of halogens is 2. The van der Waals surface area contributed by atoms with Gasteiger partial charge in [0.2, 0.25) is 6.41 Å². The van der Waals surface area contributed by atoms with Gasteiger partial charge in [-0.3, -0.25) is 8.77 Å². The number of ether oxygens (including phenoxy) is 1. The summed E-state index contributed by atoms with van der Waals surface area (Å²) in [6.07, 6.45) is 2.10. The molecule has 0 aliphatic heterocycles. The maximum Gasteiger partial charge on any atom is 0.355 e. The van der Waals surface area contributed by atoms with E-state index in [9.17, 15) is 9.59 Å². The highest BCUT2D eigenvalue weighted by atomic mass is 127. The molecule has 0 atom stereocenters. The Morgan fingerprint density at radius 1 is 1.68 bits per heavy atom. The Balaban J connectivity index is 3.22. The van der Waals surface area contributed by atoms with Crippen molar-refractivity contribution in [3.05, 3.63) is 29.2 Å². The molecule has 5 nitrogen and oxygen atoms in total. The van der Waals surface area contributed by atoms with Crippen molar-refractivity contribution in [3.8, 4) is 0 Å². The third kappa shape index (κ3) is 3.99. The Bertz CT molecular complexity index is 516. The lowest BCUT2D eigenvalue weighted by atomic mass is 10.2. The van der Waals surface area contributed by atoms with Gasteiger partial charge in [0.1, 0.15) is 5.69 Å². The van der Waals surface area contributed by atoms with Gasteiger partial charge in [-0.2, -0.15) is 0 Å². The van der Waals surface area contributed by atoms with Gasteiger partial charge < -0.3 is 10.1 Å². The van der Waals surface area contributed by atoms with Gasteiger partial charge in [0, 0.05) is 52.3 Å². The second kappa shape index (κ2) is 7.95. The van der Waals surface area contributed by atoms with Gasteiger partial charge in [0.25, 0.3) is 0 Å². The van der Waals surface area contributed by atoms with Crippen molar-refractivity contribution in [1.29, 1.82) is 0 Å². The fourth-order valence-electron chi connectivity index (χ4n) is 1.45. The second-order valence-corrected chi connectivity index (χ2v) is 5.93. The van der Waals surface area contributed by atoms with E-state index in [0.717, 1.165) is 11.3 Å². The first-order chi connectivity index (χ1) is 9.06.